The molecule has 1 amide bonds. The number of fused-ring (bicyclic) bond motifs is 2. The number of hydrogen-bond acceptors (Lipinski definition) is 7. The van der Waals surface area contributed by atoms with Gasteiger partial charge in [-0.05, 0) is 48.0 Å². The molecular weight excluding hydrogens is 438 g/mol. The van der Waals surface area contributed by atoms with E-state index in [1.807, 2.05) is 36.4 Å². The highest BCUT2D eigenvalue weighted by Crippen LogP contribution is 2.23. The van der Waals surface area contributed by atoms with E-state index in [1.165, 1.54) is 15.9 Å². The number of carbonyl (C=O) groups excluding carboxylic acids is 1. The van der Waals surface area contributed by atoms with Crippen molar-refractivity contribution in [3.05, 3.63) is 94.3 Å². The van der Waals surface area contributed by atoms with E-state index in [9.17, 15) is 9.59 Å². The maximum absolute atomic E-state index is 12.7. The van der Waals surface area contributed by atoms with Crippen molar-refractivity contribution in [2.45, 2.75) is 6.54 Å². The SMILES string of the molecule is COc1ccc(CNC(=O)c2cccc(Nc3nn4c(=O)c5ccccc5nc4s3)c2)cc1. The fourth-order valence-electron chi connectivity index (χ4n) is 3.40. The van der Waals surface area contributed by atoms with Crippen molar-refractivity contribution in [3.8, 4) is 5.75 Å². The van der Waals surface area contributed by atoms with Crippen molar-refractivity contribution in [2.75, 3.05) is 12.4 Å². The van der Waals surface area contributed by atoms with Gasteiger partial charge in [-0.15, -0.1) is 5.10 Å². The minimum absolute atomic E-state index is 0.192. The lowest BCUT2D eigenvalue weighted by molar-refractivity contribution is 0.0951. The molecule has 0 bridgehead atoms. The lowest BCUT2D eigenvalue weighted by Gasteiger charge is -2.08. The zero-order valence-corrected chi connectivity index (χ0v) is 18.4. The van der Waals surface area contributed by atoms with Crippen LogP contribution in [0, 0.1) is 0 Å². The zero-order chi connectivity index (χ0) is 22.8. The third-order valence-corrected chi connectivity index (χ3v) is 5.91. The fraction of sp³-hybridized carbons (Fsp3) is 0.0833. The summed E-state index contributed by atoms with van der Waals surface area (Å²) in [7, 11) is 1.61. The molecule has 2 N–H and O–H groups in total. The van der Waals surface area contributed by atoms with Crippen LogP contribution in [0.1, 0.15) is 15.9 Å². The number of rotatable bonds is 6. The Morgan fingerprint density at radius 1 is 1.06 bits per heavy atom. The Bertz CT molecular complexity index is 1530. The molecule has 0 fully saturated rings. The van der Waals surface area contributed by atoms with Crippen molar-refractivity contribution in [3.63, 3.8) is 0 Å². The molecule has 164 valence electrons. The van der Waals surface area contributed by atoms with E-state index in [2.05, 4.69) is 20.7 Å². The summed E-state index contributed by atoms with van der Waals surface area (Å²) in [6.45, 7) is 0.403. The first kappa shape index (κ1) is 20.7. The number of methoxy groups -OCH3 is 1. The van der Waals surface area contributed by atoms with Gasteiger partial charge in [0, 0.05) is 17.8 Å². The van der Waals surface area contributed by atoms with Crippen LogP contribution in [0.2, 0.25) is 0 Å². The van der Waals surface area contributed by atoms with Crippen LogP contribution >= 0.6 is 11.3 Å². The van der Waals surface area contributed by atoms with Crippen LogP contribution < -0.4 is 20.9 Å². The number of amides is 1. The van der Waals surface area contributed by atoms with E-state index in [1.54, 1.807) is 43.5 Å². The van der Waals surface area contributed by atoms with Gasteiger partial charge in [0.15, 0.2) is 0 Å². The molecule has 0 aliphatic carbocycles. The van der Waals surface area contributed by atoms with Crippen molar-refractivity contribution < 1.29 is 9.53 Å². The average molecular weight is 458 g/mol. The van der Waals surface area contributed by atoms with Crippen LogP contribution in [0.3, 0.4) is 0 Å². The van der Waals surface area contributed by atoms with Gasteiger partial charge in [-0.2, -0.15) is 4.52 Å². The molecular formula is C24H19N5O3S. The van der Waals surface area contributed by atoms with Crippen molar-refractivity contribution in [2.24, 2.45) is 0 Å². The van der Waals surface area contributed by atoms with Gasteiger partial charge in [-0.1, -0.05) is 41.7 Å². The summed E-state index contributed by atoms with van der Waals surface area (Å²) in [5, 5.41) is 11.5. The third-order valence-electron chi connectivity index (χ3n) is 5.09. The molecule has 2 heterocycles. The Hall–Kier alpha value is -4.24. The fourth-order valence-corrected chi connectivity index (χ4v) is 4.21. The van der Waals surface area contributed by atoms with Gasteiger partial charge >= 0.3 is 0 Å². The van der Waals surface area contributed by atoms with E-state index in [0.717, 1.165) is 11.3 Å². The highest BCUT2D eigenvalue weighted by atomic mass is 32.1. The monoisotopic (exact) mass is 457 g/mol. The molecule has 0 spiro atoms. The van der Waals surface area contributed by atoms with Crippen LogP contribution in [-0.2, 0) is 6.54 Å². The summed E-state index contributed by atoms with van der Waals surface area (Å²) >= 11 is 1.26. The Balaban J connectivity index is 1.33. The number of anilines is 2. The molecule has 5 aromatic rings. The molecule has 0 saturated heterocycles. The summed E-state index contributed by atoms with van der Waals surface area (Å²) < 4.78 is 6.44. The van der Waals surface area contributed by atoms with E-state index in [-0.39, 0.29) is 11.5 Å². The number of ether oxygens (including phenoxy) is 1. The topological polar surface area (TPSA) is 97.6 Å². The molecule has 33 heavy (non-hydrogen) atoms. The smallest absolute Gasteiger partial charge is 0.283 e. The van der Waals surface area contributed by atoms with Crippen LogP contribution in [0.15, 0.2) is 77.6 Å². The number of para-hydroxylation sites is 1. The van der Waals surface area contributed by atoms with Crippen LogP contribution in [0.4, 0.5) is 10.8 Å². The third kappa shape index (κ3) is 4.26. The number of nitrogens with one attached hydrogen (secondary N) is 2. The number of benzene rings is 3. The van der Waals surface area contributed by atoms with Crippen LogP contribution in [-0.4, -0.2) is 27.6 Å². The second-order valence-electron chi connectivity index (χ2n) is 7.27. The molecule has 0 radical (unpaired) electrons. The molecule has 0 aliphatic heterocycles. The van der Waals surface area contributed by atoms with Crippen LogP contribution in [0.5, 0.6) is 5.75 Å². The maximum Gasteiger partial charge on any atom is 0.283 e. The van der Waals surface area contributed by atoms with Gasteiger partial charge in [-0.3, -0.25) is 9.59 Å². The molecule has 0 atom stereocenters. The van der Waals surface area contributed by atoms with Crippen molar-refractivity contribution in [1.82, 2.24) is 19.9 Å². The maximum atomic E-state index is 12.7. The van der Waals surface area contributed by atoms with E-state index >= 15 is 0 Å². The normalized spacial score (nSPS) is 10.9. The predicted molar refractivity (Wildman–Crippen MR) is 129 cm³/mol. The standard InChI is InChI=1S/C24H19N5O3S/c1-32-18-11-9-15(10-12-18)14-25-21(30)16-5-4-6-17(13-16)26-23-28-29-22(31)19-7-2-3-8-20(19)27-24(29)33-23/h2-13H,14H2,1H3,(H,25,30)(H,26,28). The van der Waals surface area contributed by atoms with Gasteiger partial charge in [0.2, 0.25) is 10.1 Å². The van der Waals surface area contributed by atoms with E-state index < -0.39 is 0 Å². The number of carbonyl (C=O) groups is 1. The van der Waals surface area contributed by atoms with Crippen molar-refractivity contribution in [1.29, 1.82) is 0 Å². The average Bonchev–Trinajstić information content (AvgIpc) is 3.25. The summed E-state index contributed by atoms with van der Waals surface area (Å²) in [5.41, 5.74) is 2.58. The lowest BCUT2D eigenvalue weighted by atomic mass is 10.1. The van der Waals surface area contributed by atoms with Gasteiger partial charge in [0.05, 0.1) is 18.0 Å². The first-order chi connectivity index (χ1) is 16.1. The Morgan fingerprint density at radius 3 is 2.70 bits per heavy atom. The van der Waals surface area contributed by atoms with Crippen LogP contribution in [0.25, 0.3) is 15.9 Å². The number of aromatic nitrogens is 3. The van der Waals surface area contributed by atoms with Gasteiger partial charge < -0.3 is 15.4 Å². The quantitative estimate of drug-likeness (QED) is 0.400. The van der Waals surface area contributed by atoms with Gasteiger partial charge in [0.1, 0.15) is 5.75 Å². The highest BCUT2D eigenvalue weighted by Gasteiger charge is 2.12. The largest absolute Gasteiger partial charge is 0.497 e. The predicted octanol–water partition coefficient (Wildman–Crippen LogP) is 3.99. The molecule has 0 aliphatic rings. The summed E-state index contributed by atoms with van der Waals surface area (Å²) in [5.74, 6) is 0.576. The number of hydrogen-bond donors (Lipinski definition) is 2. The summed E-state index contributed by atoms with van der Waals surface area (Å²) in [6, 6.07) is 21.8. The summed E-state index contributed by atoms with van der Waals surface area (Å²) in [6.07, 6.45) is 0. The second kappa shape index (κ2) is 8.71. The minimum Gasteiger partial charge on any atom is -0.497 e. The first-order valence-corrected chi connectivity index (χ1v) is 11.0. The molecule has 9 heteroatoms. The molecule has 3 aromatic carbocycles. The first-order valence-electron chi connectivity index (χ1n) is 10.2. The number of nitrogens with zero attached hydrogens (tertiary/aromatic N) is 3. The van der Waals surface area contributed by atoms with E-state index in [4.69, 9.17) is 4.74 Å². The minimum atomic E-state index is -0.216. The molecule has 0 saturated carbocycles. The lowest BCUT2D eigenvalue weighted by Crippen LogP contribution is -2.22. The van der Waals surface area contributed by atoms with Gasteiger partial charge in [0.25, 0.3) is 11.5 Å². The molecule has 0 unspecified atom stereocenters. The highest BCUT2D eigenvalue weighted by molar-refractivity contribution is 7.20. The van der Waals surface area contributed by atoms with Crippen molar-refractivity contribution >= 4 is 43.9 Å². The molecule has 8 nitrogen and oxygen atoms in total. The molecule has 2 aromatic heterocycles. The Kier molecular flexibility index (Phi) is 5.45. The molecule has 5 rings (SSSR count). The Labute approximate surface area is 192 Å². The zero-order valence-electron chi connectivity index (χ0n) is 17.6. The summed E-state index contributed by atoms with van der Waals surface area (Å²) in [4.78, 5) is 30.3. The van der Waals surface area contributed by atoms with Gasteiger partial charge in [-0.25, -0.2) is 4.98 Å². The second-order valence-corrected chi connectivity index (χ2v) is 8.23. The van der Waals surface area contributed by atoms with E-state index in [0.29, 0.717) is 38.8 Å². The Morgan fingerprint density at radius 2 is 1.88 bits per heavy atom.